The van der Waals surface area contributed by atoms with Crippen LogP contribution in [-0.2, 0) is 4.79 Å². The van der Waals surface area contributed by atoms with E-state index in [4.69, 9.17) is 44.1 Å². The summed E-state index contributed by atoms with van der Waals surface area (Å²) in [4.78, 5) is 22.3. The van der Waals surface area contributed by atoms with Crippen LogP contribution in [0.25, 0.3) is 28.6 Å². The van der Waals surface area contributed by atoms with Gasteiger partial charge in [0, 0.05) is 37.5 Å². The number of fused-ring (bicyclic) bond motifs is 1. The predicted molar refractivity (Wildman–Crippen MR) is 125 cm³/mol. The lowest BCUT2D eigenvalue weighted by molar-refractivity contribution is -0.134. The fourth-order valence-corrected chi connectivity index (χ4v) is 4.53. The van der Waals surface area contributed by atoms with Gasteiger partial charge in [0.2, 0.25) is 11.7 Å². The van der Waals surface area contributed by atoms with Crippen LogP contribution in [0.5, 0.6) is 5.75 Å². The molecule has 1 aliphatic heterocycles. The molecule has 3 aromatic heterocycles. The normalized spacial score (nSPS) is 16.6. The van der Waals surface area contributed by atoms with Gasteiger partial charge in [-0.2, -0.15) is 4.98 Å². The molecule has 4 heterocycles. The fourth-order valence-electron chi connectivity index (χ4n) is 3.77. The van der Waals surface area contributed by atoms with Crippen molar-refractivity contribution in [2.24, 2.45) is 0 Å². The molecule has 0 radical (unpaired) electrons. The zero-order valence-electron chi connectivity index (χ0n) is 17.7. The van der Waals surface area contributed by atoms with E-state index in [-0.39, 0.29) is 23.7 Å². The Morgan fingerprint density at radius 3 is 2.70 bits per heavy atom. The van der Waals surface area contributed by atoms with E-state index < -0.39 is 0 Å². The number of piperidine rings is 1. The van der Waals surface area contributed by atoms with Crippen molar-refractivity contribution >= 4 is 46.4 Å². The molecular formula is C22H18Cl3N5O3. The van der Waals surface area contributed by atoms with Crippen molar-refractivity contribution in [3.8, 4) is 28.7 Å². The number of halogens is 3. The summed E-state index contributed by atoms with van der Waals surface area (Å²) in [5.74, 6) is 1.04. The Balaban J connectivity index is 1.41. The van der Waals surface area contributed by atoms with E-state index in [0.717, 1.165) is 5.56 Å². The zero-order chi connectivity index (χ0) is 23.3. The third-order valence-electron chi connectivity index (χ3n) is 5.43. The summed E-state index contributed by atoms with van der Waals surface area (Å²) in [5, 5.41) is 5.28. The molecule has 1 aromatic carbocycles. The molecule has 1 fully saturated rings. The molecule has 1 amide bonds. The molecule has 0 saturated carbocycles. The molecular weight excluding hydrogens is 489 g/mol. The van der Waals surface area contributed by atoms with Crippen LogP contribution >= 0.6 is 34.8 Å². The van der Waals surface area contributed by atoms with Crippen LogP contribution in [0.1, 0.15) is 18.4 Å². The van der Waals surface area contributed by atoms with E-state index >= 15 is 0 Å². The van der Waals surface area contributed by atoms with E-state index in [1.54, 1.807) is 30.3 Å². The maximum atomic E-state index is 11.7. The lowest BCUT2D eigenvalue weighted by atomic mass is 10.1. The standard InChI is InChI=1S/C22H18Cl3N5O3/c1-11-5-16(25)21-26-17(10-30(21)8-11)22-27-20(28-33-22)13-6-15(24)18(7-14(13)23)32-12-3-4-19(31)29(2)9-12/h5-8,10,12H,3-4,9H2,1-2H3/t12-/m1/s1. The number of aryl methyl sites for hydroxylation is 1. The lowest BCUT2D eigenvalue weighted by Crippen LogP contribution is -2.42. The van der Waals surface area contributed by atoms with Crippen molar-refractivity contribution in [3.05, 3.63) is 51.2 Å². The van der Waals surface area contributed by atoms with E-state index in [1.165, 1.54) is 0 Å². The maximum absolute atomic E-state index is 11.7. The number of hydrogen-bond donors (Lipinski definition) is 0. The van der Waals surface area contributed by atoms with Gasteiger partial charge in [-0.15, -0.1) is 0 Å². The molecule has 1 atom stereocenters. The average Bonchev–Trinajstić information content (AvgIpc) is 3.40. The van der Waals surface area contributed by atoms with Gasteiger partial charge in [-0.05, 0) is 31.0 Å². The summed E-state index contributed by atoms with van der Waals surface area (Å²) < 4.78 is 13.2. The molecule has 4 aromatic rings. The van der Waals surface area contributed by atoms with Gasteiger partial charge in [0.25, 0.3) is 5.89 Å². The van der Waals surface area contributed by atoms with Crippen LogP contribution in [-0.4, -0.2) is 50.0 Å². The minimum atomic E-state index is -0.158. The first-order valence-corrected chi connectivity index (χ1v) is 11.3. The maximum Gasteiger partial charge on any atom is 0.278 e. The van der Waals surface area contributed by atoms with E-state index in [9.17, 15) is 4.79 Å². The van der Waals surface area contributed by atoms with Gasteiger partial charge in [-0.25, -0.2) is 4.98 Å². The number of ether oxygens (including phenoxy) is 1. The van der Waals surface area contributed by atoms with Crippen LogP contribution in [0.2, 0.25) is 15.1 Å². The molecule has 8 nitrogen and oxygen atoms in total. The van der Waals surface area contributed by atoms with Gasteiger partial charge in [0.1, 0.15) is 17.5 Å². The van der Waals surface area contributed by atoms with Gasteiger partial charge >= 0.3 is 0 Å². The average molecular weight is 507 g/mol. The number of carbonyl (C=O) groups excluding carboxylic acids is 1. The molecule has 11 heteroatoms. The monoisotopic (exact) mass is 505 g/mol. The molecule has 0 unspecified atom stereocenters. The van der Waals surface area contributed by atoms with Crippen molar-refractivity contribution in [2.75, 3.05) is 13.6 Å². The van der Waals surface area contributed by atoms with Crippen LogP contribution in [0, 0.1) is 6.92 Å². The topological polar surface area (TPSA) is 85.8 Å². The van der Waals surface area contributed by atoms with Gasteiger partial charge in [-0.3, -0.25) is 4.79 Å². The Morgan fingerprint density at radius 2 is 1.91 bits per heavy atom. The number of aromatic nitrogens is 4. The third kappa shape index (κ3) is 4.26. The summed E-state index contributed by atoms with van der Waals surface area (Å²) in [6.45, 7) is 2.44. The van der Waals surface area contributed by atoms with Crippen molar-refractivity contribution in [3.63, 3.8) is 0 Å². The SMILES string of the molecule is Cc1cc(Cl)c2nc(-c3nc(-c4cc(Cl)c(O[C@@H]5CCC(=O)N(C)C5)cc4Cl)no3)cn2c1. The largest absolute Gasteiger partial charge is 0.487 e. The number of hydrogen-bond acceptors (Lipinski definition) is 6. The minimum absolute atomic E-state index is 0.102. The van der Waals surface area contributed by atoms with Crippen molar-refractivity contribution in [2.45, 2.75) is 25.9 Å². The van der Waals surface area contributed by atoms with Crippen LogP contribution < -0.4 is 4.74 Å². The highest BCUT2D eigenvalue weighted by molar-refractivity contribution is 6.36. The summed E-state index contributed by atoms with van der Waals surface area (Å²) in [6, 6.07) is 5.09. The molecule has 0 spiro atoms. The summed E-state index contributed by atoms with van der Waals surface area (Å²) in [6.07, 6.45) is 4.57. The number of likely N-dealkylation sites (N-methyl/N-ethyl adjacent to an activating group) is 1. The Bertz CT molecular complexity index is 1380. The second-order valence-electron chi connectivity index (χ2n) is 7.96. The number of imidazole rings is 1. The predicted octanol–water partition coefficient (Wildman–Crippen LogP) is 5.32. The first-order chi connectivity index (χ1) is 15.8. The number of carbonyl (C=O) groups is 1. The minimum Gasteiger partial charge on any atom is -0.487 e. The smallest absolute Gasteiger partial charge is 0.278 e. The molecule has 170 valence electrons. The van der Waals surface area contributed by atoms with Crippen LogP contribution in [0.3, 0.4) is 0 Å². The number of benzene rings is 1. The molecule has 5 rings (SSSR count). The Kier molecular flexibility index (Phi) is 5.68. The number of likely N-dealkylation sites (tertiary alicyclic amines) is 1. The summed E-state index contributed by atoms with van der Waals surface area (Å²) in [5.41, 5.74) is 2.57. The van der Waals surface area contributed by atoms with Crippen LogP contribution in [0.15, 0.2) is 35.1 Å². The molecule has 1 saturated heterocycles. The highest BCUT2D eigenvalue weighted by Crippen LogP contribution is 2.37. The molecule has 0 N–H and O–H groups in total. The van der Waals surface area contributed by atoms with Crippen molar-refractivity contribution < 1.29 is 14.1 Å². The third-order valence-corrected chi connectivity index (χ3v) is 6.31. The van der Waals surface area contributed by atoms with E-state index in [1.807, 2.05) is 23.6 Å². The van der Waals surface area contributed by atoms with E-state index in [2.05, 4.69) is 15.1 Å². The number of pyridine rings is 1. The molecule has 0 bridgehead atoms. The zero-order valence-corrected chi connectivity index (χ0v) is 19.9. The Morgan fingerprint density at radius 1 is 1.09 bits per heavy atom. The number of rotatable bonds is 4. The van der Waals surface area contributed by atoms with Gasteiger partial charge in [0.05, 0.1) is 21.6 Å². The van der Waals surface area contributed by atoms with Crippen LogP contribution in [0.4, 0.5) is 0 Å². The first kappa shape index (κ1) is 22.0. The lowest BCUT2D eigenvalue weighted by Gasteiger charge is -2.30. The molecule has 0 aliphatic carbocycles. The first-order valence-electron chi connectivity index (χ1n) is 10.2. The second-order valence-corrected chi connectivity index (χ2v) is 9.18. The van der Waals surface area contributed by atoms with Crippen molar-refractivity contribution in [1.29, 1.82) is 0 Å². The fraction of sp³-hybridized carbons (Fsp3) is 0.273. The Hall–Kier alpha value is -2.81. The van der Waals surface area contributed by atoms with E-state index in [0.29, 0.717) is 57.1 Å². The highest BCUT2D eigenvalue weighted by Gasteiger charge is 2.25. The molecule has 33 heavy (non-hydrogen) atoms. The number of nitrogens with zero attached hydrogens (tertiary/aromatic N) is 5. The number of amides is 1. The summed E-state index contributed by atoms with van der Waals surface area (Å²) in [7, 11) is 1.75. The van der Waals surface area contributed by atoms with Gasteiger partial charge < -0.3 is 18.6 Å². The van der Waals surface area contributed by atoms with Crippen molar-refractivity contribution in [1.82, 2.24) is 24.4 Å². The quantitative estimate of drug-likeness (QED) is 0.372. The van der Waals surface area contributed by atoms with Gasteiger partial charge in [0.15, 0.2) is 5.65 Å². The second kappa shape index (κ2) is 8.52. The summed E-state index contributed by atoms with van der Waals surface area (Å²) >= 11 is 19.3. The highest BCUT2D eigenvalue weighted by atomic mass is 35.5. The molecule has 1 aliphatic rings. The Labute approximate surface area is 204 Å². The van der Waals surface area contributed by atoms with Gasteiger partial charge in [-0.1, -0.05) is 40.0 Å².